The van der Waals surface area contributed by atoms with Crippen LogP contribution in [0.25, 0.3) is 0 Å². The SMILES string of the molecule is Cc1cccc(NC(=O)c2cc([N+](=O)[O-])ccc2NCCCN2CCOCC2)n1. The van der Waals surface area contributed by atoms with Crippen LogP contribution in [0.4, 0.5) is 17.2 Å². The van der Waals surface area contributed by atoms with E-state index in [1.807, 2.05) is 13.0 Å². The molecule has 0 spiro atoms. The summed E-state index contributed by atoms with van der Waals surface area (Å²) < 4.78 is 5.34. The Morgan fingerprint density at radius 3 is 2.79 bits per heavy atom. The molecule has 0 bridgehead atoms. The highest BCUT2D eigenvalue weighted by molar-refractivity contribution is 6.08. The molecule has 0 saturated carbocycles. The minimum Gasteiger partial charge on any atom is -0.384 e. The Hall–Kier alpha value is -3.04. The molecule has 2 N–H and O–H groups in total. The summed E-state index contributed by atoms with van der Waals surface area (Å²) in [7, 11) is 0. The number of ether oxygens (including phenoxy) is 1. The molecule has 0 aliphatic carbocycles. The topological polar surface area (TPSA) is 110 Å². The normalized spacial score (nSPS) is 14.4. The van der Waals surface area contributed by atoms with Crippen LogP contribution in [-0.2, 0) is 4.74 Å². The zero-order valence-corrected chi connectivity index (χ0v) is 16.4. The Morgan fingerprint density at radius 1 is 1.28 bits per heavy atom. The summed E-state index contributed by atoms with van der Waals surface area (Å²) >= 11 is 0. The number of nitrogens with one attached hydrogen (secondary N) is 2. The quantitative estimate of drug-likeness (QED) is 0.399. The van der Waals surface area contributed by atoms with Gasteiger partial charge < -0.3 is 15.4 Å². The van der Waals surface area contributed by atoms with Crippen LogP contribution in [0.1, 0.15) is 22.5 Å². The van der Waals surface area contributed by atoms with Gasteiger partial charge in [0, 0.05) is 43.1 Å². The maximum atomic E-state index is 12.8. The lowest BCUT2D eigenvalue weighted by Crippen LogP contribution is -2.37. The average Bonchev–Trinajstić information content (AvgIpc) is 2.72. The van der Waals surface area contributed by atoms with Gasteiger partial charge in [-0.05, 0) is 38.1 Å². The summed E-state index contributed by atoms with van der Waals surface area (Å²) in [5.74, 6) is -0.0396. The molecule has 2 heterocycles. The highest BCUT2D eigenvalue weighted by Crippen LogP contribution is 2.23. The van der Waals surface area contributed by atoms with E-state index in [-0.39, 0.29) is 11.3 Å². The molecule has 29 heavy (non-hydrogen) atoms. The number of hydrogen-bond acceptors (Lipinski definition) is 7. The highest BCUT2D eigenvalue weighted by Gasteiger charge is 2.17. The third kappa shape index (κ3) is 5.97. The summed E-state index contributed by atoms with van der Waals surface area (Å²) in [6.07, 6.45) is 0.886. The first-order valence-corrected chi connectivity index (χ1v) is 9.60. The van der Waals surface area contributed by atoms with E-state index in [4.69, 9.17) is 4.74 Å². The molecular formula is C20H25N5O4. The number of benzene rings is 1. The van der Waals surface area contributed by atoms with Crippen LogP contribution in [0.15, 0.2) is 36.4 Å². The van der Waals surface area contributed by atoms with Crippen molar-refractivity contribution in [1.82, 2.24) is 9.88 Å². The van der Waals surface area contributed by atoms with Gasteiger partial charge in [-0.2, -0.15) is 0 Å². The van der Waals surface area contributed by atoms with Crippen LogP contribution in [-0.4, -0.2) is 60.1 Å². The largest absolute Gasteiger partial charge is 0.384 e. The molecule has 1 amide bonds. The smallest absolute Gasteiger partial charge is 0.270 e. The van der Waals surface area contributed by atoms with Crippen LogP contribution in [0.5, 0.6) is 0 Å². The monoisotopic (exact) mass is 399 g/mol. The number of aryl methyl sites for hydroxylation is 1. The fourth-order valence-electron chi connectivity index (χ4n) is 3.13. The summed E-state index contributed by atoms with van der Waals surface area (Å²) in [5.41, 5.74) is 1.41. The Bertz CT molecular complexity index is 868. The van der Waals surface area contributed by atoms with Gasteiger partial charge in [0.05, 0.1) is 23.7 Å². The lowest BCUT2D eigenvalue weighted by atomic mass is 10.1. The van der Waals surface area contributed by atoms with Gasteiger partial charge in [-0.15, -0.1) is 0 Å². The molecule has 1 fully saturated rings. The van der Waals surface area contributed by atoms with E-state index in [0.717, 1.165) is 45.0 Å². The zero-order chi connectivity index (χ0) is 20.6. The molecule has 2 aromatic rings. The van der Waals surface area contributed by atoms with Crippen LogP contribution >= 0.6 is 0 Å². The average molecular weight is 399 g/mol. The first kappa shape index (κ1) is 20.7. The predicted molar refractivity (Wildman–Crippen MR) is 110 cm³/mol. The van der Waals surface area contributed by atoms with Gasteiger partial charge in [0.25, 0.3) is 11.6 Å². The Labute approximate surface area is 169 Å². The lowest BCUT2D eigenvalue weighted by molar-refractivity contribution is -0.384. The molecule has 3 rings (SSSR count). The summed E-state index contributed by atoms with van der Waals surface area (Å²) in [6, 6.07) is 9.55. The summed E-state index contributed by atoms with van der Waals surface area (Å²) in [4.78, 5) is 30.0. The first-order valence-electron chi connectivity index (χ1n) is 9.60. The van der Waals surface area contributed by atoms with Crippen molar-refractivity contribution in [3.63, 3.8) is 0 Å². The molecule has 0 unspecified atom stereocenters. The second-order valence-electron chi connectivity index (χ2n) is 6.84. The van der Waals surface area contributed by atoms with Crippen LogP contribution in [0.2, 0.25) is 0 Å². The fraction of sp³-hybridized carbons (Fsp3) is 0.400. The van der Waals surface area contributed by atoms with Crippen molar-refractivity contribution in [3.05, 3.63) is 57.8 Å². The van der Waals surface area contributed by atoms with Gasteiger partial charge in [-0.3, -0.25) is 19.8 Å². The number of pyridine rings is 1. The number of nitro benzene ring substituents is 1. The second kappa shape index (κ2) is 9.94. The number of non-ortho nitro benzene ring substituents is 1. The van der Waals surface area contributed by atoms with Gasteiger partial charge in [0.15, 0.2) is 0 Å². The van der Waals surface area contributed by atoms with Gasteiger partial charge in [-0.25, -0.2) is 4.98 Å². The van der Waals surface area contributed by atoms with Crippen LogP contribution in [0, 0.1) is 17.0 Å². The number of hydrogen-bond donors (Lipinski definition) is 2. The third-order valence-electron chi connectivity index (χ3n) is 4.66. The van der Waals surface area contributed by atoms with Gasteiger partial charge in [0.2, 0.25) is 0 Å². The van der Waals surface area contributed by atoms with E-state index >= 15 is 0 Å². The number of carbonyl (C=O) groups excluding carboxylic acids is 1. The number of carbonyl (C=O) groups is 1. The Morgan fingerprint density at radius 2 is 2.07 bits per heavy atom. The van der Waals surface area contributed by atoms with E-state index in [0.29, 0.717) is 18.1 Å². The number of nitrogens with zero attached hydrogens (tertiary/aromatic N) is 3. The molecular weight excluding hydrogens is 374 g/mol. The fourth-order valence-corrected chi connectivity index (χ4v) is 3.13. The molecule has 154 valence electrons. The van der Waals surface area contributed by atoms with Crippen molar-refractivity contribution < 1.29 is 14.5 Å². The molecule has 0 atom stereocenters. The Kier molecular flexibility index (Phi) is 7.09. The van der Waals surface area contributed by atoms with Crippen LogP contribution < -0.4 is 10.6 Å². The minimum absolute atomic E-state index is 0.133. The molecule has 1 aromatic carbocycles. The third-order valence-corrected chi connectivity index (χ3v) is 4.66. The first-order chi connectivity index (χ1) is 14.0. The van der Waals surface area contributed by atoms with Crippen molar-refractivity contribution in [2.24, 2.45) is 0 Å². The number of amides is 1. The van der Waals surface area contributed by atoms with E-state index in [9.17, 15) is 14.9 Å². The van der Waals surface area contributed by atoms with E-state index in [2.05, 4.69) is 20.5 Å². The number of aromatic nitrogens is 1. The molecule has 0 radical (unpaired) electrons. The Balaban J connectivity index is 1.67. The van der Waals surface area contributed by atoms with Crippen LogP contribution in [0.3, 0.4) is 0 Å². The number of morpholine rings is 1. The van der Waals surface area contributed by atoms with Gasteiger partial charge in [-0.1, -0.05) is 6.07 Å². The number of rotatable bonds is 8. The standard InChI is InChI=1S/C20H25N5O4/c1-15-4-2-5-19(22-15)23-20(26)17-14-16(25(27)28)6-7-18(17)21-8-3-9-24-10-12-29-13-11-24/h2,4-7,14,21H,3,8-13H2,1H3,(H,22,23,26). The lowest BCUT2D eigenvalue weighted by Gasteiger charge is -2.26. The summed E-state index contributed by atoms with van der Waals surface area (Å²) in [6.45, 7) is 6.77. The molecule has 9 nitrogen and oxygen atoms in total. The molecule has 1 aliphatic heterocycles. The minimum atomic E-state index is -0.510. The van der Waals surface area contributed by atoms with E-state index in [1.165, 1.54) is 12.1 Å². The highest BCUT2D eigenvalue weighted by atomic mass is 16.6. The molecule has 1 saturated heterocycles. The predicted octanol–water partition coefficient (Wildman–Crippen LogP) is 2.68. The van der Waals surface area contributed by atoms with Crippen molar-refractivity contribution >= 4 is 23.1 Å². The molecule has 9 heteroatoms. The van der Waals surface area contributed by atoms with Crippen molar-refractivity contribution in [2.45, 2.75) is 13.3 Å². The van der Waals surface area contributed by atoms with Crippen molar-refractivity contribution in [3.8, 4) is 0 Å². The second-order valence-corrected chi connectivity index (χ2v) is 6.84. The van der Waals surface area contributed by atoms with E-state index < -0.39 is 10.8 Å². The molecule has 1 aromatic heterocycles. The van der Waals surface area contributed by atoms with E-state index in [1.54, 1.807) is 18.2 Å². The van der Waals surface area contributed by atoms with Gasteiger partial charge >= 0.3 is 0 Å². The number of nitro groups is 1. The van der Waals surface area contributed by atoms with Crippen molar-refractivity contribution in [2.75, 3.05) is 50.0 Å². The van der Waals surface area contributed by atoms with Gasteiger partial charge in [0.1, 0.15) is 5.82 Å². The molecule has 1 aliphatic rings. The maximum absolute atomic E-state index is 12.8. The number of anilines is 2. The maximum Gasteiger partial charge on any atom is 0.270 e. The van der Waals surface area contributed by atoms with Crippen molar-refractivity contribution in [1.29, 1.82) is 0 Å². The zero-order valence-electron chi connectivity index (χ0n) is 16.4. The summed E-state index contributed by atoms with van der Waals surface area (Å²) in [5, 5.41) is 17.1.